The molecule has 14 heteroatoms. The van der Waals surface area contributed by atoms with Crippen LogP contribution in [-0.4, -0.2) is 85.5 Å². The Morgan fingerprint density at radius 1 is 0.452 bits per heavy atom. The third-order valence-electron chi connectivity index (χ3n) is 22.6. The summed E-state index contributed by atoms with van der Waals surface area (Å²) >= 11 is 0. The first-order valence-corrected chi connectivity index (χ1v) is 28.5. The highest BCUT2D eigenvalue weighted by atomic mass is 16.6. The van der Waals surface area contributed by atoms with Gasteiger partial charge in [0.15, 0.2) is 0 Å². The van der Waals surface area contributed by atoms with Crippen LogP contribution in [0.2, 0.25) is 0 Å². The zero-order valence-corrected chi connectivity index (χ0v) is 46.3. The average Bonchev–Trinajstić information content (AvgIpc) is 3.85. The van der Waals surface area contributed by atoms with Gasteiger partial charge in [-0.15, -0.1) is 0 Å². The molecule has 8 fully saturated rings. The Morgan fingerprint density at radius 2 is 0.836 bits per heavy atom. The molecule has 73 heavy (non-hydrogen) atoms. The van der Waals surface area contributed by atoms with Gasteiger partial charge in [-0.3, -0.25) is 33.6 Å². The smallest absolute Gasteiger partial charge is 0.306 e. The monoisotopic (exact) mass is 1020 g/mol. The molecule has 0 aromatic rings. The molecule has 0 radical (unpaired) electrons. The number of esters is 7. The molecule has 0 aromatic carbocycles. The Balaban J connectivity index is 0.949. The molecule has 0 unspecified atom stereocenters. The Bertz CT molecular complexity index is 2110. The molecule has 0 heterocycles. The molecule has 8 aliphatic carbocycles. The second-order valence-corrected chi connectivity index (χ2v) is 26.0. The van der Waals surface area contributed by atoms with Gasteiger partial charge in [0.05, 0.1) is 7.11 Å². The Labute approximate surface area is 435 Å². The van der Waals surface area contributed by atoms with Gasteiger partial charge in [0.25, 0.3) is 0 Å². The maximum Gasteiger partial charge on any atom is 0.306 e. The van der Waals surface area contributed by atoms with E-state index in [9.17, 15) is 33.6 Å². The van der Waals surface area contributed by atoms with Crippen LogP contribution in [0, 0.1) is 92.7 Å². The SMILES string of the molecule is COC(=O)CC[C@@H](C)[C@H]1CC[C@H]2[C@@H]3[C@H](OC(C)=O)C[C@@H]4C[C@H](OC(=O)CC[C@@H](C)[C@H]5CC[C@H]6[C@@H]7[C@H](OC(C)=O)C[C@@H]8C[C@H](OC(C)=O)CC[C@]8(C)[C@H]7C[C@H](OC(C)=O)[C@]56C)CC[C@]4(C)[C@H]3C[C@H](OC(C)=O)[C@]12C. The molecule has 0 aliphatic heterocycles. The highest BCUT2D eigenvalue weighted by molar-refractivity contribution is 5.70. The second kappa shape index (κ2) is 21.4. The highest BCUT2D eigenvalue weighted by Gasteiger charge is 2.70. The third kappa shape index (κ3) is 10.3. The van der Waals surface area contributed by atoms with Crippen LogP contribution in [0.25, 0.3) is 0 Å². The first kappa shape index (κ1) is 55.5. The van der Waals surface area contributed by atoms with Crippen molar-refractivity contribution in [3.63, 3.8) is 0 Å². The summed E-state index contributed by atoms with van der Waals surface area (Å²) in [5, 5.41) is 0. The van der Waals surface area contributed by atoms with Gasteiger partial charge in [-0.25, -0.2) is 0 Å². The van der Waals surface area contributed by atoms with Crippen molar-refractivity contribution in [2.45, 2.75) is 228 Å². The summed E-state index contributed by atoms with van der Waals surface area (Å²) in [6, 6.07) is 0. The summed E-state index contributed by atoms with van der Waals surface area (Å²) in [6.45, 7) is 21.2. The second-order valence-electron chi connectivity index (χ2n) is 26.0. The molecule has 0 amide bonds. The number of fused-ring (bicyclic) bond motifs is 10. The van der Waals surface area contributed by atoms with Crippen molar-refractivity contribution in [2.24, 2.45) is 92.7 Å². The molecule has 14 nitrogen and oxygen atoms in total. The lowest BCUT2D eigenvalue weighted by Gasteiger charge is -2.64. The molecule has 0 N–H and O–H groups in total. The minimum atomic E-state index is -0.398. The largest absolute Gasteiger partial charge is 0.469 e. The zero-order valence-electron chi connectivity index (χ0n) is 46.3. The van der Waals surface area contributed by atoms with Crippen LogP contribution < -0.4 is 0 Å². The first-order chi connectivity index (χ1) is 34.3. The fourth-order valence-electron chi connectivity index (χ4n) is 19.4. The Hall–Kier alpha value is -3.71. The van der Waals surface area contributed by atoms with Crippen LogP contribution in [0.4, 0.5) is 0 Å². The van der Waals surface area contributed by atoms with E-state index in [1.165, 1.54) is 41.7 Å². The average molecular weight is 1020 g/mol. The number of ether oxygens (including phenoxy) is 7. The fraction of sp³-hybridized carbons (Fsp3) is 0.881. The molecule has 0 aromatic heterocycles. The molecule has 0 bridgehead atoms. The maximum absolute atomic E-state index is 14.0. The van der Waals surface area contributed by atoms with Gasteiger partial charge >= 0.3 is 41.8 Å². The van der Waals surface area contributed by atoms with E-state index in [-0.39, 0.29) is 172 Å². The van der Waals surface area contributed by atoms with Crippen molar-refractivity contribution in [2.75, 3.05) is 7.11 Å². The molecule has 22 atom stereocenters. The van der Waals surface area contributed by atoms with Gasteiger partial charge in [0.2, 0.25) is 0 Å². The number of hydrogen-bond donors (Lipinski definition) is 0. The van der Waals surface area contributed by atoms with Crippen molar-refractivity contribution in [1.29, 1.82) is 0 Å². The summed E-state index contributed by atoms with van der Waals surface area (Å²) in [5.41, 5.74) is -0.999. The van der Waals surface area contributed by atoms with E-state index in [1.807, 2.05) is 0 Å². The summed E-state index contributed by atoms with van der Waals surface area (Å²) < 4.78 is 42.5. The fourth-order valence-corrected chi connectivity index (χ4v) is 19.4. The van der Waals surface area contributed by atoms with E-state index in [0.29, 0.717) is 51.4 Å². The van der Waals surface area contributed by atoms with Gasteiger partial charge in [-0.05, 0) is 173 Å². The topological polar surface area (TPSA) is 184 Å². The Morgan fingerprint density at radius 3 is 1.22 bits per heavy atom. The quantitative estimate of drug-likeness (QED) is 0.118. The van der Waals surface area contributed by atoms with Crippen LogP contribution in [0.15, 0.2) is 0 Å². The number of hydrogen-bond acceptors (Lipinski definition) is 14. The van der Waals surface area contributed by atoms with Gasteiger partial charge in [-0.1, -0.05) is 41.5 Å². The predicted octanol–water partition coefficient (Wildman–Crippen LogP) is 10.3. The van der Waals surface area contributed by atoms with Crippen LogP contribution in [0.3, 0.4) is 0 Å². The Kier molecular flexibility index (Phi) is 16.3. The standard InChI is InChI=1S/C59H90O14/c1-31(13-19-52(65)67-12)42-15-17-44-55-47(30-50(58(42,44)10)71-36(6)63)57(9)24-22-41(26-39(57)28-49(55)70-35(5)62)73-53(66)20-14-32(2)43-16-18-45-54-46(29-51(59(43,45)11)72-37(7)64)56(8)23-21-40(68-33(3)60)25-38(56)27-48(54)69-34(4)61/h31-32,38-51,54-55H,13-30H2,1-12H3/t31-,32-,38+,39+,40-,41-,42-,43-,44+,45+,46+,47+,48-,49-,50+,51+,54+,55+,56+,57+,58-,59-/m1/s1. The van der Waals surface area contributed by atoms with Gasteiger partial charge in [0.1, 0.15) is 36.6 Å². The van der Waals surface area contributed by atoms with Crippen LogP contribution in [0.1, 0.15) is 192 Å². The van der Waals surface area contributed by atoms with E-state index >= 15 is 0 Å². The van der Waals surface area contributed by atoms with Crippen molar-refractivity contribution < 1.29 is 66.7 Å². The minimum absolute atomic E-state index is 0.0901. The summed E-state index contributed by atoms with van der Waals surface area (Å²) in [6.07, 6.45) is 11.3. The molecule has 8 aliphatic rings. The number of carbonyl (C=O) groups is 7. The van der Waals surface area contributed by atoms with Crippen LogP contribution >= 0.6 is 0 Å². The number of rotatable bonds is 14. The van der Waals surface area contributed by atoms with E-state index in [0.717, 1.165) is 57.8 Å². The van der Waals surface area contributed by atoms with Gasteiger partial charge < -0.3 is 33.2 Å². The van der Waals surface area contributed by atoms with Crippen molar-refractivity contribution in [3.05, 3.63) is 0 Å². The van der Waals surface area contributed by atoms with Crippen molar-refractivity contribution in [3.8, 4) is 0 Å². The third-order valence-corrected chi connectivity index (χ3v) is 22.6. The van der Waals surface area contributed by atoms with Crippen molar-refractivity contribution >= 4 is 41.8 Å². The molecular formula is C59H90O14. The lowest BCUT2D eigenvalue weighted by Crippen LogP contribution is -2.63. The molecule has 8 rings (SSSR count). The van der Waals surface area contributed by atoms with Gasteiger partial charge in [0, 0.05) is 70.1 Å². The maximum atomic E-state index is 14.0. The first-order valence-electron chi connectivity index (χ1n) is 28.5. The van der Waals surface area contributed by atoms with Crippen molar-refractivity contribution in [1.82, 2.24) is 0 Å². The molecule has 0 spiro atoms. The summed E-state index contributed by atoms with van der Waals surface area (Å²) in [7, 11) is 1.42. The molecule has 410 valence electrons. The molecule has 0 saturated heterocycles. The lowest BCUT2D eigenvalue weighted by molar-refractivity contribution is -0.225. The zero-order chi connectivity index (χ0) is 53.1. The van der Waals surface area contributed by atoms with Crippen LogP contribution in [0.5, 0.6) is 0 Å². The van der Waals surface area contributed by atoms with Crippen LogP contribution in [-0.2, 0) is 66.7 Å². The predicted molar refractivity (Wildman–Crippen MR) is 268 cm³/mol. The van der Waals surface area contributed by atoms with E-state index in [2.05, 4.69) is 41.5 Å². The number of carbonyl (C=O) groups excluding carboxylic acids is 7. The molecular weight excluding hydrogens is 933 g/mol. The lowest BCUT2D eigenvalue weighted by atomic mass is 9.43. The van der Waals surface area contributed by atoms with Gasteiger partial charge in [-0.2, -0.15) is 0 Å². The van der Waals surface area contributed by atoms with E-state index < -0.39 is 5.41 Å². The highest BCUT2D eigenvalue weighted by Crippen LogP contribution is 2.71. The van der Waals surface area contributed by atoms with E-state index in [4.69, 9.17) is 33.2 Å². The molecule has 8 saturated carbocycles. The number of methoxy groups -OCH3 is 1. The van der Waals surface area contributed by atoms with E-state index in [1.54, 1.807) is 0 Å². The minimum Gasteiger partial charge on any atom is -0.469 e. The normalized spacial score (nSPS) is 44.1. The summed E-state index contributed by atoms with van der Waals surface area (Å²) in [4.78, 5) is 89.8. The summed E-state index contributed by atoms with van der Waals surface area (Å²) in [5.74, 6) is -0.119.